The van der Waals surface area contributed by atoms with Crippen LogP contribution in [0.5, 0.6) is 0 Å². The van der Waals surface area contributed by atoms with E-state index in [1.807, 2.05) is 0 Å². The van der Waals surface area contributed by atoms with Gasteiger partial charge in [0.15, 0.2) is 0 Å². The van der Waals surface area contributed by atoms with Crippen LogP contribution in [-0.2, 0) is 19.6 Å². The van der Waals surface area contributed by atoms with Crippen molar-refractivity contribution in [3.8, 4) is 22.3 Å². The zero-order valence-electron chi connectivity index (χ0n) is 18.7. The fourth-order valence-corrected chi connectivity index (χ4v) is 4.29. The van der Waals surface area contributed by atoms with E-state index >= 15 is 0 Å². The highest BCUT2D eigenvalue weighted by atomic mass is 14.8. The Labute approximate surface area is 195 Å². The zero-order valence-corrected chi connectivity index (χ0v) is 18.7. The Morgan fingerprint density at radius 3 is 1.67 bits per heavy atom. The topological polar surface area (TPSA) is 38.0 Å². The lowest BCUT2D eigenvalue weighted by Gasteiger charge is -2.10. The van der Waals surface area contributed by atoms with Gasteiger partial charge in [0, 0.05) is 19.6 Å². The Hall–Kier alpha value is -3.72. The quantitative estimate of drug-likeness (QED) is 0.295. The standard InChI is InChI=1S/C31H28N2/c32-20-24-8-4-10-27(16-24)29-14-12-26-13-15-30(19-31(26)18-29)28-11-5-9-25(17-28)22-33-21-23-6-2-1-3-7-23/h1-19,33H,20-22,32H2. The molecule has 0 saturated carbocycles. The Balaban J connectivity index is 1.38. The maximum Gasteiger partial charge on any atom is 0.0208 e. The predicted octanol–water partition coefficient (Wildman–Crippen LogP) is 6.92. The third kappa shape index (κ3) is 5.04. The minimum Gasteiger partial charge on any atom is -0.326 e. The number of rotatable bonds is 7. The number of nitrogens with one attached hydrogen (secondary N) is 1. The summed E-state index contributed by atoms with van der Waals surface area (Å²) in [4.78, 5) is 0. The molecule has 0 aromatic heterocycles. The molecule has 0 amide bonds. The Morgan fingerprint density at radius 1 is 0.455 bits per heavy atom. The molecule has 33 heavy (non-hydrogen) atoms. The monoisotopic (exact) mass is 428 g/mol. The second-order valence-corrected chi connectivity index (χ2v) is 8.47. The second-order valence-electron chi connectivity index (χ2n) is 8.47. The fourth-order valence-electron chi connectivity index (χ4n) is 4.29. The lowest BCUT2D eigenvalue weighted by Crippen LogP contribution is -2.12. The van der Waals surface area contributed by atoms with Gasteiger partial charge in [0.25, 0.3) is 0 Å². The molecule has 0 fully saturated rings. The van der Waals surface area contributed by atoms with Gasteiger partial charge in [-0.25, -0.2) is 0 Å². The minimum atomic E-state index is 0.558. The van der Waals surface area contributed by atoms with Crippen LogP contribution in [0.1, 0.15) is 16.7 Å². The number of nitrogens with two attached hydrogens (primary N) is 1. The summed E-state index contributed by atoms with van der Waals surface area (Å²) in [6, 6.07) is 41.2. The van der Waals surface area contributed by atoms with Gasteiger partial charge in [-0.05, 0) is 74.0 Å². The third-order valence-electron chi connectivity index (χ3n) is 6.10. The Bertz CT molecular complexity index is 1370. The first-order valence-electron chi connectivity index (χ1n) is 11.5. The summed E-state index contributed by atoms with van der Waals surface area (Å²) < 4.78 is 0. The van der Waals surface area contributed by atoms with E-state index in [4.69, 9.17) is 5.73 Å². The zero-order chi connectivity index (χ0) is 22.5. The first-order valence-corrected chi connectivity index (χ1v) is 11.5. The van der Waals surface area contributed by atoms with Crippen LogP contribution in [-0.4, -0.2) is 0 Å². The van der Waals surface area contributed by atoms with Gasteiger partial charge >= 0.3 is 0 Å². The lowest BCUT2D eigenvalue weighted by molar-refractivity contribution is 0.693. The third-order valence-corrected chi connectivity index (χ3v) is 6.10. The molecule has 5 aromatic rings. The van der Waals surface area contributed by atoms with Gasteiger partial charge < -0.3 is 11.1 Å². The molecular weight excluding hydrogens is 400 g/mol. The molecule has 0 bridgehead atoms. The molecule has 3 N–H and O–H groups in total. The average Bonchev–Trinajstić information content (AvgIpc) is 2.89. The van der Waals surface area contributed by atoms with E-state index in [1.165, 1.54) is 44.2 Å². The van der Waals surface area contributed by atoms with Crippen molar-refractivity contribution in [2.45, 2.75) is 19.6 Å². The van der Waals surface area contributed by atoms with Crippen molar-refractivity contribution in [2.24, 2.45) is 5.73 Å². The van der Waals surface area contributed by atoms with Gasteiger partial charge in [0.2, 0.25) is 0 Å². The van der Waals surface area contributed by atoms with Gasteiger partial charge in [-0.2, -0.15) is 0 Å². The van der Waals surface area contributed by atoms with Crippen LogP contribution in [0.25, 0.3) is 33.0 Å². The molecule has 0 aliphatic rings. The number of benzene rings is 5. The van der Waals surface area contributed by atoms with Crippen LogP contribution in [0, 0.1) is 0 Å². The molecule has 2 heteroatoms. The molecule has 0 spiro atoms. The lowest BCUT2D eigenvalue weighted by atomic mass is 9.96. The molecular formula is C31H28N2. The van der Waals surface area contributed by atoms with E-state index < -0.39 is 0 Å². The molecule has 5 aromatic carbocycles. The first-order chi connectivity index (χ1) is 16.3. The normalized spacial score (nSPS) is 11.1. The number of hydrogen-bond acceptors (Lipinski definition) is 2. The smallest absolute Gasteiger partial charge is 0.0208 e. The van der Waals surface area contributed by atoms with Crippen LogP contribution < -0.4 is 11.1 Å². The van der Waals surface area contributed by atoms with Gasteiger partial charge in [-0.3, -0.25) is 0 Å². The SMILES string of the molecule is NCc1cccc(-c2ccc3ccc(-c4cccc(CNCc5ccccc5)c4)cc3c2)c1. The van der Waals surface area contributed by atoms with E-state index in [1.54, 1.807) is 0 Å². The molecule has 5 rings (SSSR count). The van der Waals surface area contributed by atoms with E-state index in [9.17, 15) is 0 Å². The van der Waals surface area contributed by atoms with Crippen LogP contribution >= 0.6 is 0 Å². The van der Waals surface area contributed by atoms with Crippen molar-refractivity contribution in [3.05, 3.63) is 132 Å². The summed E-state index contributed by atoms with van der Waals surface area (Å²) in [6.45, 7) is 2.27. The summed E-state index contributed by atoms with van der Waals surface area (Å²) in [6.07, 6.45) is 0. The van der Waals surface area contributed by atoms with Gasteiger partial charge in [-0.15, -0.1) is 0 Å². The van der Waals surface area contributed by atoms with Crippen molar-refractivity contribution < 1.29 is 0 Å². The van der Waals surface area contributed by atoms with Crippen molar-refractivity contribution >= 4 is 10.8 Å². The maximum atomic E-state index is 5.84. The number of fused-ring (bicyclic) bond motifs is 1. The van der Waals surface area contributed by atoms with E-state index in [0.29, 0.717) is 6.54 Å². The first kappa shape index (κ1) is 21.1. The molecule has 0 saturated heterocycles. The molecule has 162 valence electrons. The van der Waals surface area contributed by atoms with E-state index in [0.717, 1.165) is 18.7 Å². The molecule has 0 aliphatic heterocycles. The highest BCUT2D eigenvalue weighted by molar-refractivity contribution is 5.91. The predicted molar refractivity (Wildman–Crippen MR) is 140 cm³/mol. The van der Waals surface area contributed by atoms with E-state index in [2.05, 4.69) is 121 Å². The largest absolute Gasteiger partial charge is 0.326 e. The highest BCUT2D eigenvalue weighted by Crippen LogP contribution is 2.29. The molecule has 2 nitrogen and oxygen atoms in total. The van der Waals surface area contributed by atoms with E-state index in [-0.39, 0.29) is 0 Å². The summed E-state index contributed by atoms with van der Waals surface area (Å²) in [7, 11) is 0. The van der Waals surface area contributed by atoms with Gasteiger partial charge in [-0.1, -0.05) is 91.0 Å². The van der Waals surface area contributed by atoms with Crippen molar-refractivity contribution in [1.29, 1.82) is 0 Å². The van der Waals surface area contributed by atoms with Crippen molar-refractivity contribution in [2.75, 3.05) is 0 Å². The molecule has 0 heterocycles. The summed E-state index contributed by atoms with van der Waals surface area (Å²) in [5, 5.41) is 6.05. The van der Waals surface area contributed by atoms with Crippen LogP contribution in [0.15, 0.2) is 115 Å². The average molecular weight is 429 g/mol. The van der Waals surface area contributed by atoms with Crippen LogP contribution in [0.4, 0.5) is 0 Å². The fraction of sp³-hybridized carbons (Fsp3) is 0.0968. The maximum absolute atomic E-state index is 5.84. The van der Waals surface area contributed by atoms with Crippen LogP contribution in [0.2, 0.25) is 0 Å². The minimum absolute atomic E-state index is 0.558. The second kappa shape index (κ2) is 9.83. The summed E-state index contributed by atoms with van der Waals surface area (Å²) in [5.41, 5.74) is 14.5. The Morgan fingerprint density at radius 2 is 1.00 bits per heavy atom. The summed E-state index contributed by atoms with van der Waals surface area (Å²) >= 11 is 0. The molecule has 0 radical (unpaired) electrons. The molecule has 0 atom stereocenters. The van der Waals surface area contributed by atoms with Crippen LogP contribution in [0.3, 0.4) is 0 Å². The van der Waals surface area contributed by atoms with Crippen molar-refractivity contribution in [1.82, 2.24) is 5.32 Å². The van der Waals surface area contributed by atoms with Crippen molar-refractivity contribution in [3.63, 3.8) is 0 Å². The molecule has 0 aliphatic carbocycles. The molecule has 0 unspecified atom stereocenters. The summed E-state index contributed by atoms with van der Waals surface area (Å²) in [5.74, 6) is 0. The Kier molecular flexibility index (Phi) is 6.30. The highest BCUT2D eigenvalue weighted by Gasteiger charge is 2.05. The van der Waals surface area contributed by atoms with Gasteiger partial charge in [0.1, 0.15) is 0 Å². The number of hydrogen-bond donors (Lipinski definition) is 2. The van der Waals surface area contributed by atoms with Gasteiger partial charge in [0.05, 0.1) is 0 Å².